The molecule has 15 heavy (non-hydrogen) atoms. The molecule has 76 valence electrons. The molecular weight excluding hydrogens is 208 g/mol. The van der Waals surface area contributed by atoms with E-state index in [4.69, 9.17) is 0 Å². The fourth-order valence-corrected chi connectivity index (χ4v) is 1.79. The second-order valence-corrected chi connectivity index (χ2v) is 3.75. The standard InChI is InChI=1S/C11H10N2OS/c1-2-11(14)9-5-3-8(4-6-9)10-7-15-13-12-10/h3-7H,2H2,1H3. The van der Waals surface area contributed by atoms with Crippen LogP contribution in [0.25, 0.3) is 11.3 Å². The molecule has 1 heterocycles. The van der Waals surface area contributed by atoms with Crippen LogP contribution in [0.1, 0.15) is 23.7 Å². The predicted molar refractivity (Wildman–Crippen MR) is 60.0 cm³/mol. The van der Waals surface area contributed by atoms with Gasteiger partial charge in [0, 0.05) is 22.9 Å². The number of nitrogens with zero attached hydrogens (tertiary/aromatic N) is 2. The Hall–Kier alpha value is -1.55. The lowest BCUT2D eigenvalue weighted by Gasteiger charge is -1.99. The molecule has 0 aliphatic carbocycles. The van der Waals surface area contributed by atoms with Crippen molar-refractivity contribution in [1.29, 1.82) is 0 Å². The fraction of sp³-hybridized carbons (Fsp3) is 0.182. The van der Waals surface area contributed by atoms with Gasteiger partial charge in [0.05, 0.1) is 0 Å². The van der Waals surface area contributed by atoms with Crippen molar-refractivity contribution in [2.75, 3.05) is 0 Å². The predicted octanol–water partition coefficient (Wildman–Crippen LogP) is 2.80. The van der Waals surface area contributed by atoms with E-state index >= 15 is 0 Å². The molecule has 0 fully saturated rings. The summed E-state index contributed by atoms with van der Waals surface area (Å²) in [5.41, 5.74) is 2.61. The minimum Gasteiger partial charge on any atom is -0.294 e. The van der Waals surface area contributed by atoms with Crippen molar-refractivity contribution in [2.45, 2.75) is 13.3 Å². The Morgan fingerprint density at radius 3 is 2.60 bits per heavy atom. The number of rotatable bonds is 3. The molecule has 1 aromatic heterocycles. The Morgan fingerprint density at radius 1 is 1.33 bits per heavy atom. The zero-order chi connectivity index (χ0) is 10.7. The maximum absolute atomic E-state index is 11.4. The van der Waals surface area contributed by atoms with Gasteiger partial charge >= 0.3 is 0 Å². The van der Waals surface area contributed by atoms with Crippen molar-refractivity contribution in [1.82, 2.24) is 9.59 Å². The van der Waals surface area contributed by atoms with Crippen molar-refractivity contribution in [3.63, 3.8) is 0 Å². The van der Waals surface area contributed by atoms with Gasteiger partial charge in [-0.05, 0) is 11.5 Å². The van der Waals surface area contributed by atoms with Gasteiger partial charge in [0.2, 0.25) is 0 Å². The summed E-state index contributed by atoms with van der Waals surface area (Å²) in [6.45, 7) is 1.86. The van der Waals surface area contributed by atoms with Gasteiger partial charge in [0.25, 0.3) is 0 Å². The highest BCUT2D eigenvalue weighted by molar-refractivity contribution is 7.03. The molecular formula is C11H10N2OS. The number of hydrogen-bond donors (Lipinski definition) is 0. The number of carbonyl (C=O) groups is 1. The molecule has 2 aromatic rings. The van der Waals surface area contributed by atoms with Crippen LogP contribution in [-0.2, 0) is 0 Å². The third kappa shape index (κ3) is 2.10. The van der Waals surface area contributed by atoms with Gasteiger partial charge in [-0.15, -0.1) is 5.10 Å². The van der Waals surface area contributed by atoms with E-state index in [1.807, 2.05) is 36.6 Å². The van der Waals surface area contributed by atoms with Crippen molar-refractivity contribution in [3.8, 4) is 11.3 Å². The Morgan fingerprint density at radius 2 is 2.07 bits per heavy atom. The molecule has 2 rings (SSSR count). The topological polar surface area (TPSA) is 42.9 Å². The van der Waals surface area contributed by atoms with Gasteiger partial charge in [-0.3, -0.25) is 4.79 Å². The van der Waals surface area contributed by atoms with Crippen molar-refractivity contribution in [2.24, 2.45) is 0 Å². The van der Waals surface area contributed by atoms with Crippen LogP contribution in [0.3, 0.4) is 0 Å². The van der Waals surface area contributed by atoms with Gasteiger partial charge in [-0.2, -0.15) is 0 Å². The van der Waals surface area contributed by atoms with Crippen LogP contribution in [-0.4, -0.2) is 15.4 Å². The van der Waals surface area contributed by atoms with Crippen molar-refractivity contribution in [3.05, 3.63) is 35.2 Å². The third-order valence-electron chi connectivity index (χ3n) is 2.18. The first-order valence-corrected chi connectivity index (χ1v) is 5.55. The zero-order valence-corrected chi connectivity index (χ0v) is 9.12. The quantitative estimate of drug-likeness (QED) is 0.744. The number of hydrogen-bond acceptors (Lipinski definition) is 4. The first kappa shape index (κ1) is 9.98. The number of aromatic nitrogens is 2. The van der Waals surface area contributed by atoms with Crippen LogP contribution in [0, 0.1) is 0 Å². The highest BCUT2D eigenvalue weighted by Gasteiger charge is 2.04. The van der Waals surface area contributed by atoms with Crippen molar-refractivity contribution >= 4 is 17.3 Å². The van der Waals surface area contributed by atoms with Gasteiger partial charge in [0.15, 0.2) is 5.78 Å². The first-order valence-electron chi connectivity index (χ1n) is 4.72. The average molecular weight is 218 g/mol. The Bertz CT molecular complexity index is 448. The average Bonchev–Trinajstić information content (AvgIpc) is 2.82. The highest BCUT2D eigenvalue weighted by Crippen LogP contribution is 2.18. The molecule has 0 saturated heterocycles. The SMILES string of the molecule is CCC(=O)c1ccc(-c2csnn2)cc1. The summed E-state index contributed by atoms with van der Waals surface area (Å²) in [5.74, 6) is 0.165. The van der Waals surface area contributed by atoms with Crippen LogP contribution in [0.15, 0.2) is 29.6 Å². The van der Waals surface area contributed by atoms with Crippen LogP contribution in [0.2, 0.25) is 0 Å². The molecule has 0 spiro atoms. The van der Waals surface area contributed by atoms with Gasteiger partial charge in [0.1, 0.15) is 5.69 Å². The summed E-state index contributed by atoms with van der Waals surface area (Å²) >= 11 is 1.32. The van der Waals surface area contributed by atoms with E-state index in [0.29, 0.717) is 6.42 Å². The summed E-state index contributed by atoms with van der Waals surface area (Å²) in [6, 6.07) is 7.47. The molecule has 0 radical (unpaired) electrons. The molecule has 0 bridgehead atoms. The van der Waals surface area contributed by atoms with Gasteiger partial charge in [-0.25, -0.2) is 0 Å². The third-order valence-corrected chi connectivity index (χ3v) is 2.69. The summed E-state index contributed by atoms with van der Waals surface area (Å²) in [4.78, 5) is 11.4. The van der Waals surface area contributed by atoms with E-state index in [-0.39, 0.29) is 5.78 Å². The molecule has 0 aliphatic heterocycles. The monoisotopic (exact) mass is 218 g/mol. The molecule has 0 N–H and O–H groups in total. The lowest BCUT2D eigenvalue weighted by molar-refractivity contribution is 0.0988. The molecule has 0 unspecified atom stereocenters. The van der Waals surface area contributed by atoms with Crippen LogP contribution in [0.5, 0.6) is 0 Å². The van der Waals surface area contributed by atoms with E-state index in [2.05, 4.69) is 9.59 Å². The van der Waals surface area contributed by atoms with E-state index in [1.54, 1.807) is 0 Å². The second kappa shape index (κ2) is 4.31. The van der Waals surface area contributed by atoms with E-state index in [1.165, 1.54) is 11.5 Å². The maximum atomic E-state index is 11.4. The highest BCUT2D eigenvalue weighted by atomic mass is 32.1. The van der Waals surface area contributed by atoms with Gasteiger partial charge in [-0.1, -0.05) is 35.7 Å². The number of ketones is 1. The Kier molecular flexibility index (Phi) is 2.87. The fourth-order valence-electron chi connectivity index (χ4n) is 1.32. The minimum absolute atomic E-state index is 0.165. The molecule has 4 heteroatoms. The van der Waals surface area contributed by atoms with Crippen molar-refractivity contribution < 1.29 is 4.79 Å². The van der Waals surface area contributed by atoms with E-state index in [0.717, 1.165) is 16.8 Å². The maximum Gasteiger partial charge on any atom is 0.162 e. The molecule has 0 atom stereocenters. The van der Waals surface area contributed by atoms with Gasteiger partial charge < -0.3 is 0 Å². The molecule has 0 amide bonds. The van der Waals surface area contributed by atoms with E-state index < -0.39 is 0 Å². The van der Waals surface area contributed by atoms with Crippen LogP contribution < -0.4 is 0 Å². The number of Topliss-reactive ketones (excluding diaryl/α,β-unsaturated/α-hetero) is 1. The smallest absolute Gasteiger partial charge is 0.162 e. The first-order chi connectivity index (χ1) is 7.31. The second-order valence-electron chi connectivity index (χ2n) is 3.14. The molecule has 3 nitrogen and oxygen atoms in total. The minimum atomic E-state index is 0.165. The molecule has 0 aliphatic rings. The Balaban J connectivity index is 2.29. The van der Waals surface area contributed by atoms with Crippen LogP contribution >= 0.6 is 11.5 Å². The Labute approximate surface area is 91.9 Å². The zero-order valence-electron chi connectivity index (χ0n) is 8.30. The summed E-state index contributed by atoms with van der Waals surface area (Å²) in [5, 5.41) is 5.85. The summed E-state index contributed by atoms with van der Waals surface area (Å²) in [6.07, 6.45) is 0.539. The molecule has 0 saturated carbocycles. The number of carbonyl (C=O) groups excluding carboxylic acids is 1. The lowest BCUT2D eigenvalue weighted by Crippen LogP contribution is -1.95. The molecule has 1 aromatic carbocycles. The summed E-state index contributed by atoms with van der Waals surface area (Å²) in [7, 11) is 0. The number of benzene rings is 1. The lowest BCUT2D eigenvalue weighted by atomic mass is 10.1. The van der Waals surface area contributed by atoms with Crippen LogP contribution in [0.4, 0.5) is 0 Å². The largest absolute Gasteiger partial charge is 0.294 e. The normalized spacial score (nSPS) is 10.2. The summed E-state index contributed by atoms with van der Waals surface area (Å²) < 4.78 is 3.80. The van der Waals surface area contributed by atoms with E-state index in [9.17, 15) is 4.79 Å².